The second-order valence-electron chi connectivity index (χ2n) is 6.40. The number of hydrogen-bond donors (Lipinski definition) is 2. The highest BCUT2D eigenvalue weighted by atomic mass is 19.4. The van der Waals surface area contributed by atoms with Gasteiger partial charge in [-0.05, 0) is 31.4 Å². The molecule has 0 aromatic heterocycles. The minimum absolute atomic E-state index is 0.106. The van der Waals surface area contributed by atoms with Crippen molar-refractivity contribution in [3.63, 3.8) is 0 Å². The van der Waals surface area contributed by atoms with E-state index in [1.165, 1.54) is 6.92 Å². The van der Waals surface area contributed by atoms with Crippen LogP contribution in [0.15, 0.2) is 36.1 Å². The molecule has 0 saturated heterocycles. The maximum atomic E-state index is 12.8. The molecular weight excluding hydrogens is 378 g/mol. The number of carbonyl (C=O) groups excluding carboxylic acids is 1. The summed E-state index contributed by atoms with van der Waals surface area (Å²) in [5.41, 5.74) is 4.13. The van der Waals surface area contributed by atoms with Crippen molar-refractivity contribution >= 4 is 5.91 Å². The Hall–Kier alpha value is -1.97. The van der Waals surface area contributed by atoms with Crippen molar-refractivity contribution in [1.82, 2.24) is 5.32 Å². The first-order valence-electron chi connectivity index (χ1n) is 8.04. The molecule has 0 aliphatic heterocycles. The van der Waals surface area contributed by atoms with E-state index in [9.17, 15) is 31.1 Å². The summed E-state index contributed by atoms with van der Waals surface area (Å²) in [5, 5.41) is 2.53. The summed E-state index contributed by atoms with van der Waals surface area (Å²) >= 11 is 0. The zero-order chi connectivity index (χ0) is 21.4. The highest BCUT2D eigenvalue weighted by Crippen LogP contribution is 2.29. The zero-order valence-corrected chi connectivity index (χ0v) is 15.2. The summed E-state index contributed by atoms with van der Waals surface area (Å²) in [4.78, 5) is 11.8. The van der Waals surface area contributed by atoms with E-state index in [0.717, 1.165) is 0 Å². The Morgan fingerprint density at radius 3 is 2.19 bits per heavy atom. The summed E-state index contributed by atoms with van der Waals surface area (Å²) in [6, 6.07) is -1.33. The van der Waals surface area contributed by atoms with Gasteiger partial charge in [-0.2, -0.15) is 26.3 Å². The Labute approximate surface area is 154 Å². The number of nitrogens with one attached hydrogen (secondary N) is 1. The second-order valence-corrected chi connectivity index (χ2v) is 6.40. The average molecular weight is 402 g/mol. The van der Waals surface area contributed by atoms with E-state index in [1.54, 1.807) is 0 Å². The van der Waals surface area contributed by atoms with Gasteiger partial charge < -0.3 is 15.8 Å². The molecule has 10 heteroatoms. The lowest BCUT2D eigenvalue weighted by Gasteiger charge is -2.19. The minimum atomic E-state index is -5.02. The molecule has 0 aromatic carbocycles. The Balaban J connectivity index is 4.79. The number of rotatable bonds is 9. The van der Waals surface area contributed by atoms with Crippen LogP contribution < -0.4 is 11.1 Å². The maximum Gasteiger partial charge on any atom is 0.416 e. The van der Waals surface area contributed by atoms with Gasteiger partial charge in [0.25, 0.3) is 0 Å². The van der Waals surface area contributed by atoms with E-state index in [0.29, 0.717) is 12.5 Å². The predicted octanol–water partition coefficient (Wildman–Crippen LogP) is 4.00. The lowest BCUT2D eigenvalue weighted by molar-refractivity contribution is -0.123. The van der Waals surface area contributed by atoms with Crippen LogP contribution in [-0.4, -0.2) is 37.0 Å². The molecule has 0 aliphatic rings. The van der Waals surface area contributed by atoms with Gasteiger partial charge in [-0.3, -0.25) is 4.79 Å². The first-order chi connectivity index (χ1) is 12.1. The van der Waals surface area contributed by atoms with Gasteiger partial charge >= 0.3 is 12.4 Å². The van der Waals surface area contributed by atoms with Crippen LogP contribution in [0.3, 0.4) is 0 Å². The highest BCUT2D eigenvalue weighted by Gasteiger charge is 2.33. The number of ether oxygens (including phenoxy) is 1. The van der Waals surface area contributed by atoms with Crippen molar-refractivity contribution in [1.29, 1.82) is 0 Å². The Morgan fingerprint density at radius 2 is 1.74 bits per heavy atom. The summed E-state index contributed by atoms with van der Waals surface area (Å²) in [6.07, 6.45) is -9.74. The lowest BCUT2D eigenvalue weighted by Crippen LogP contribution is -2.46. The Kier molecular flexibility index (Phi) is 9.63. The van der Waals surface area contributed by atoms with Gasteiger partial charge in [-0.1, -0.05) is 20.4 Å². The van der Waals surface area contributed by atoms with Crippen LogP contribution in [0.25, 0.3) is 0 Å². The van der Waals surface area contributed by atoms with E-state index in [2.05, 4.69) is 11.9 Å². The fraction of sp³-hybridized carbons (Fsp3) is 0.588. The molecule has 0 saturated carbocycles. The second kappa shape index (κ2) is 10.4. The van der Waals surface area contributed by atoms with Gasteiger partial charge in [0.05, 0.1) is 17.7 Å². The van der Waals surface area contributed by atoms with Crippen LogP contribution in [0.4, 0.5) is 26.3 Å². The molecule has 0 radical (unpaired) electrons. The van der Waals surface area contributed by atoms with E-state index in [1.807, 2.05) is 13.8 Å². The number of hydrogen-bond acceptors (Lipinski definition) is 3. The highest BCUT2D eigenvalue weighted by molar-refractivity contribution is 5.81. The van der Waals surface area contributed by atoms with Crippen molar-refractivity contribution in [2.24, 2.45) is 11.7 Å². The average Bonchev–Trinajstić information content (AvgIpc) is 2.46. The first kappa shape index (κ1) is 25.0. The van der Waals surface area contributed by atoms with Crippen molar-refractivity contribution in [2.75, 3.05) is 6.61 Å². The largest absolute Gasteiger partial charge is 0.492 e. The quantitative estimate of drug-likeness (QED) is 0.348. The normalized spacial score (nSPS) is 15.7. The molecule has 2 atom stereocenters. The van der Waals surface area contributed by atoms with Crippen LogP contribution in [0, 0.1) is 5.92 Å². The lowest BCUT2D eigenvalue weighted by atomic mass is 10.0. The molecule has 0 aromatic rings. The summed E-state index contributed by atoms with van der Waals surface area (Å²) in [5.74, 6) is -0.737. The maximum absolute atomic E-state index is 12.8. The minimum Gasteiger partial charge on any atom is -0.492 e. The van der Waals surface area contributed by atoms with Gasteiger partial charge in [-0.25, -0.2) is 0 Å². The van der Waals surface area contributed by atoms with Crippen LogP contribution in [0.2, 0.25) is 0 Å². The van der Waals surface area contributed by atoms with Gasteiger partial charge in [0.15, 0.2) is 0 Å². The van der Waals surface area contributed by atoms with Gasteiger partial charge in [-0.15, -0.1) is 0 Å². The molecule has 3 N–H and O–H groups in total. The Morgan fingerprint density at radius 1 is 1.19 bits per heavy atom. The monoisotopic (exact) mass is 402 g/mol. The molecular formula is C17H24F6N2O2. The van der Waals surface area contributed by atoms with Gasteiger partial charge in [0.1, 0.15) is 12.4 Å². The summed E-state index contributed by atoms with van der Waals surface area (Å²) in [6.45, 7) is 8.31. The molecule has 4 nitrogen and oxygen atoms in total. The van der Waals surface area contributed by atoms with E-state index >= 15 is 0 Å². The molecule has 27 heavy (non-hydrogen) atoms. The first-order valence-corrected chi connectivity index (χ1v) is 8.04. The number of nitrogens with two attached hydrogens (primary N) is 1. The molecule has 156 valence electrons. The van der Waals surface area contributed by atoms with Gasteiger partial charge in [0, 0.05) is 6.08 Å². The number of halogens is 6. The molecule has 0 bridgehead atoms. The predicted molar refractivity (Wildman–Crippen MR) is 89.5 cm³/mol. The summed E-state index contributed by atoms with van der Waals surface area (Å²) < 4.78 is 79.5. The Bertz CT molecular complexity index is 565. The third-order valence-electron chi connectivity index (χ3n) is 3.07. The summed E-state index contributed by atoms with van der Waals surface area (Å²) in [7, 11) is 0. The molecule has 0 spiro atoms. The van der Waals surface area contributed by atoms with Crippen LogP contribution in [0.5, 0.6) is 0 Å². The van der Waals surface area contributed by atoms with Crippen LogP contribution in [-0.2, 0) is 9.53 Å². The van der Waals surface area contributed by atoms with Crippen molar-refractivity contribution < 1.29 is 35.9 Å². The topological polar surface area (TPSA) is 64.3 Å². The molecule has 0 fully saturated rings. The molecule has 0 heterocycles. The van der Waals surface area contributed by atoms with Crippen molar-refractivity contribution in [3.05, 3.63) is 36.1 Å². The van der Waals surface area contributed by atoms with Crippen molar-refractivity contribution in [2.45, 2.75) is 51.6 Å². The standard InChI is InChI=1S/C17H24F6N2O2/c1-10(2)7-14(24)15(26)25-11(3)9-27-12(4)8-13(17(21,22)23)5-6-16(18,19)20/h5-6,8,10-11,14H,4,7,9,24H2,1-3H3,(H,25,26)/b6-5+,13-8+/t11-,14?/m1/s1. The third-order valence-corrected chi connectivity index (χ3v) is 3.07. The molecule has 0 aliphatic carbocycles. The van der Waals surface area contributed by atoms with Crippen LogP contribution in [0.1, 0.15) is 27.2 Å². The molecule has 0 rings (SSSR count). The van der Waals surface area contributed by atoms with Crippen LogP contribution >= 0.6 is 0 Å². The zero-order valence-electron chi connectivity index (χ0n) is 15.2. The number of amides is 1. The van der Waals surface area contributed by atoms with E-state index in [-0.39, 0.29) is 18.6 Å². The number of allylic oxidation sites excluding steroid dienone is 4. The van der Waals surface area contributed by atoms with Gasteiger partial charge in [0.2, 0.25) is 5.91 Å². The molecule has 1 amide bonds. The number of carbonyl (C=O) groups is 1. The number of alkyl halides is 6. The SMILES string of the molecule is C=C(/C=C(\C=C\C(F)(F)F)C(F)(F)F)OC[C@@H](C)NC(=O)C(N)CC(C)C. The van der Waals surface area contributed by atoms with E-state index in [4.69, 9.17) is 10.5 Å². The van der Waals surface area contributed by atoms with Crippen molar-refractivity contribution in [3.8, 4) is 0 Å². The third kappa shape index (κ3) is 12.1. The fourth-order valence-electron chi connectivity index (χ4n) is 1.86. The van der Waals surface area contributed by atoms with E-state index < -0.39 is 47.8 Å². The fourth-order valence-corrected chi connectivity index (χ4v) is 1.86. The smallest absolute Gasteiger partial charge is 0.416 e. The molecule has 1 unspecified atom stereocenters.